The average molecular weight is 235 g/mol. The monoisotopic (exact) mass is 235 g/mol. The van der Waals surface area contributed by atoms with Crippen LogP contribution >= 0.6 is 11.3 Å². The smallest absolute Gasteiger partial charge is 0.123 e. The van der Waals surface area contributed by atoms with E-state index >= 15 is 0 Å². The highest BCUT2D eigenvalue weighted by Crippen LogP contribution is 2.32. The van der Waals surface area contributed by atoms with E-state index in [1.54, 1.807) is 23.5 Å². The Kier molecular flexibility index (Phi) is 3.36. The minimum absolute atomic E-state index is 0.180. The molecule has 2 aromatic rings. The topological polar surface area (TPSA) is 12.0 Å². The quantitative estimate of drug-likeness (QED) is 0.857. The van der Waals surface area contributed by atoms with Crippen molar-refractivity contribution in [2.45, 2.75) is 13.5 Å². The van der Waals surface area contributed by atoms with Crippen LogP contribution in [0.3, 0.4) is 0 Å². The molecule has 0 bridgehead atoms. The molecule has 1 aromatic heterocycles. The van der Waals surface area contributed by atoms with Gasteiger partial charge in [-0.25, -0.2) is 4.39 Å². The fraction of sp³-hybridized carbons (Fsp3) is 0.231. The lowest BCUT2D eigenvalue weighted by Gasteiger charge is -1.99. The van der Waals surface area contributed by atoms with Crippen LogP contribution in [-0.4, -0.2) is 7.05 Å². The first-order valence-corrected chi connectivity index (χ1v) is 6.02. The van der Waals surface area contributed by atoms with Crippen molar-refractivity contribution in [2.75, 3.05) is 7.05 Å². The summed E-state index contributed by atoms with van der Waals surface area (Å²) in [6.07, 6.45) is 0. The second-order valence-corrected chi connectivity index (χ2v) is 4.90. The summed E-state index contributed by atoms with van der Waals surface area (Å²) in [7, 11) is 1.93. The van der Waals surface area contributed by atoms with Crippen LogP contribution in [0, 0.1) is 12.7 Å². The molecule has 1 heterocycles. The maximum absolute atomic E-state index is 13.1. The molecular weight excluding hydrogens is 221 g/mol. The standard InChI is InChI=1S/C13H14FNS/c1-9-6-12(8-15-2)16-13(9)10-4-3-5-11(14)7-10/h3-7,15H,8H2,1-2H3. The first kappa shape index (κ1) is 11.3. The van der Waals surface area contributed by atoms with Gasteiger partial charge < -0.3 is 5.32 Å². The van der Waals surface area contributed by atoms with Gasteiger partial charge in [0.1, 0.15) is 5.82 Å². The maximum Gasteiger partial charge on any atom is 0.123 e. The predicted molar refractivity (Wildman–Crippen MR) is 67.2 cm³/mol. The third kappa shape index (κ3) is 2.31. The molecule has 0 fully saturated rings. The van der Waals surface area contributed by atoms with Crippen LogP contribution in [0.15, 0.2) is 30.3 Å². The number of nitrogens with one attached hydrogen (secondary N) is 1. The Bertz CT molecular complexity index is 490. The number of aryl methyl sites for hydroxylation is 1. The maximum atomic E-state index is 13.1. The van der Waals surface area contributed by atoms with Crippen molar-refractivity contribution < 1.29 is 4.39 Å². The zero-order valence-electron chi connectivity index (χ0n) is 9.38. The Morgan fingerprint density at radius 3 is 2.81 bits per heavy atom. The summed E-state index contributed by atoms with van der Waals surface area (Å²) < 4.78 is 13.1. The molecule has 0 radical (unpaired) electrons. The molecule has 1 nitrogen and oxygen atoms in total. The van der Waals surface area contributed by atoms with Gasteiger partial charge in [0.05, 0.1) is 0 Å². The summed E-state index contributed by atoms with van der Waals surface area (Å²) >= 11 is 1.72. The largest absolute Gasteiger partial charge is 0.315 e. The average Bonchev–Trinajstić information content (AvgIpc) is 2.60. The van der Waals surface area contributed by atoms with E-state index in [2.05, 4.69) is 18.3 Å². The highest BCUT2D eigenvalue weighted by atomic mass is 32.1. The van der Waals surface area contributed by atoms with Gasteiger partial charge in [-0.05, 0) is 43.3 Å². The lowest BCUT2D eigenvalue weighted by atomic mass is 10.1. The van der Waals surface area contributed by atoms with Crippen molar-refractivity contribution in [3.8, 4) is 10.4 Å². The van der Waals surface area contributed by atoms with Gasteiger partial charge in [-0.2, -0.15) is 0 Å². The molecule has 1 aromatic carbocycles. The van der Waals surface area contributed by atoms with Crippen molar-refractivity contribution in [1.29, 1.82) is 0 Å². The number of thiophene rings is 1. The molecule has 0 spiro atoms. The lowest BCUT2D eigenvalue weighted by Crippen LogP contribution is -2.02. The lowest BCUT2D eigenvalue weighted by molar-refractivity contribution is 0.628. The molecule has 0 aliphatic rings. The fourth-order valence-electron chi connectivity index (χ4n) is 1.73. The molecule has 0 aliphatic heterocycles. The van der Waals surface area contributed by atoms with E-state index in [1.807, 2.05) is 13.1 Å². The van der Waals surface area contributed by atoms with Crippen LogP contribution in [0.1, 0.15) is 10.4 Å². The van der Waals surface area contributed by atoms with Gasteiger partial charge in [-0.3, -0.25) is 0 Å². The SMILES string of the molecule is CNCc1cc(C)c(-c2cccc(F)c2)s1. The van der Waals surface area contributed by atoms with E-state index in [1.165, 1.54) is 16.5 Å². The van der Waals surface area contributed by atoms with Crippen molar-refractivity contribution in [1.82, 2.24) is 5.32 Å². The molecule has 2 rings (SSSR count). The summed E-state index contributed by atoms with van der Waals surface area (Å²) in [5.74, 6) is -0.180. The van der Waals surface area contributed by atoms with Crippen molar-refractivity contribution in [3.05, 3.63) is 46.6 Å². The van der Waals surface area contributed by atoms with E-state index in [4.69, 9.17) is 0 Å². The Hall–Kier alpha value is -1.19. The Morgan fingerprint density at radius 1 is 1.31 bits per heavy atom. The second kappa shape index (κ2) is 4.76. The van der Waals surface area contributed by atoms with Gasteiger partial charge in [0.25, 0.3) is 0 Å². The molecule has 3 heteroatoms. The first-order chi connectivity index (χ1) is 7.70. The molecule has 0 unspecified atom stereocenters. The van der Waals surface area contributed by atoms with E-state index < -0.39 is 0 Å². The molecule has 1 N–H and O–H groups in total. The number of halogens is 1. The summed E-state index contributed by atoms with van der Waals surface area (Å²) in [6, 6.07) is 8.91. The molecule has 0 saturated carbocycles. The number of benzene rings is 1. The number of hydrogen-bond acceptors (Lipinski definition) is 2. The third-order valence-corrected chi connectivity index (χ3v) is 3.69. The van der Waals surface area contributed by atoms with Gasteiger partial charge in [0, 0.05) is 16.3 Å². The van der Waals surface area contributed by atoms with Crippen LogP contribution in [0.4, 0.5) is 4.39 Å². The number of hydrogen-bond donors (Lipinski definition) is 1. The van der Waals surface area contributed by atoms with Gasteiger partial charge in [0.15, 0.2) is 0 Å². The molecule has 0 atom stereocenters. The molecular formula is C13H14FNS. The molecule has 0 saturated heterocycles. The Labute approximate surface area is 98.9 Å². The van der Waals surface area contributed by atoms with Crippen LogP contribution in [-0.2, 0) is 6.54 Å². The van der Waals surface area contributed by atoms with E-state index in [0.29, 0.717) is 0 Å². The van der Waals surface area contributed by atoms with Crippen molar-refractivity contribution in [2.24, 2.45) is 0 Å². The fourth-order valence-corrected chi connectivity index (χ4v) is 2.90. The molecule has 84 valence electrons. The second-order valence-electron chi connectivity index (χ2n) is 3.77. The van der Waals surface area contributed by atoms with E-state index in [0.717, 1.165) is 17.0 Å². The van der Waals surface area contributed by atoms with E-state index in [9.17, 15) is 4.39 Å². The van der Waals surface area contributed by atoms with Crippen LogP contribution in [0.25, 0.3) is 10.4 Å². The molecule has 0 amide bonds. The minimum atomic E-state index is -0.180. The van der Waals surface area contributed by atoms with Crippen molar-refractivity contribution in [3.63, 3.8) is 0 Å². The van der Waals surface area contributed by atoms with Gasteiger partial charge in [0.2, 0.25) is 0 Å². The summed E-state index contributed by atoms with van der Waals surface area (Å²) in [6.45, 7) is 2.93. The van der Waals surface area contributed by atoms with Gasteiger partial charge in [-0.15, -0.1) is 11.3 Å². The van der Waals surface area contributed by atoms with Crippen molar-refractivity contribution >= 4 is 11.3 Å². The zero-order chi connectivity index (χ0) is 11.5. The van der Waals surface area contributed by atoms with Crippen LogP contribution < -0.4 is 5.32 Å². The normalized spacial score (nSPS) is 10.7. The summed E-state index contributed by atoms with van der Waals surface area (Å²) in [5, 5.41) is 3.12. The highest BCUT2D eigenvalue weighted by molar-refractivity contribution is 7.15. The Balaban J connectivity index is 2.40. The highest BCUT2D eigenvalue weighted by Gasteiger charge is 2.07. The summed E-state index contributed by atoms with van der Waals surface area (Å²) in [4.78, 5) is 2.43. The van der Waals surface area contributed by atoms with Crippen LogP contribution in [0.5, 0.6) is 0 Å². The third-order valence-electron chi connectivity index (χ3n) is 2.41. The minimum Gasteiger partial charge on any atom is -0.315 e. The zero-order valence-corrected chi connectivity index (χ0v) is 10.2. The Morgan fingerprint density at radius 2 is 2.12 bits per heavy atom. The predicted octanol–water partition coefficient (Wildman–Crippen LogP) is 3.58. The van der Waals surface area contributed by atoms with E-state index in [-0.39, 0.29) is 5.82 Å². The van der Waals surface area contributed by atoms with Crippen LogP contribution in [0.2, 0.25) is 0 Å². The molecule has 16 heavy (non-hydrogen) atoms. The first-order valence-electron chi connectivity index (χ1n) is 5.20. The summed E-state index contributed by atoms with van der Waals surface area (Å²) in [5.41, 5.74) is 2.17. The van der Waals surface area contributed by atoms with Gasteiger partial charge in [-0.1, -0.05) is 12.1 Å². The molecule has 0 aliphatic carbocycles. The van der Waals surface area contributed by atoms with Gasteiger partial charge >= 0.3 is 0 Å². The number of rotatable bonds is 3.